The van der Waals surface area contributed by atoms with Gasteiger partial charge in [-0.1, -0.05) is 77.6 Å². The van der Waals surface area contributed by atoms with Crippen LogP contribution in [-0.2, 0) is 9.59 Å². The van der Waals surface area contributed by atoms with Crippen molar-refractivity contribution >= 4 is 41.4 Å². The zero-order chi connectivity index (χ0) is 16.6. The van der Waals surface area contributed by atoms with E-state index in [1.54, 1.807) is 0 Å². The SMILES string of the molecule is CCCCCCCCCCCCCCC(=O)N[C@@H](C)C(=O)O.[NaH]. The molecule has 0 aromatic heterocycles. The third kappa shape index (κ3) is 18.1. The van der Waals surface area contributed by atoms with Crippen molar-refractivity contribution in [3.05, 3.63) is 0 Å². The Morgan fingerprint density at radius 1 is 0.826 bits per heavy atom. The van der Waals surface area contributed by atoms with Gasteiger partial charge in [-0.05, 0) is 13.3 Å². The van der Waals surface area contributed by atoms with Gasteiger partial charge in [-0.15, -0.1) is 0 Å². The Kier molecular flexibility index (Phi) is 20.0. The predicted molar refractivity (Wildman–Crippen MR) is 98.1 cm³/mol. The summed E-state index contributed by atoms with van der Waals surface area (Å²) in [5.74, 6) is -1.13. The molecule has 0 aromatic rings. The Balaban J connectivity index is 0. The first-order chi connectivity index (χ1) is 10.6. The van der Waals surface area contributed by atoms with Crippen LogP contribution in [0.3, 0.4) is 0 Å². The fourth-order valence-electron chi connectivity index (χ4n) is 2.50. The molecule has 5 heteroatoms. The van der Waals surface area contributed by atoms with Crippen LogP contribution in [0.25, 0.3) is 0 Å². The molecule has 0 aliphatic rings. The summed E-state index contributed by atoms with van der Waals surface area (Å²) in [7, 11) is 0. The second kappa shape index (κ2) is 18.3. The number of nitrogens with one attached hydrogen (secondary N) is 1. The molecular weight excluding hydrogens is 301 g/mol. The van der Waals surface area contributed by atoms with Crippen molar-refractivity contribution in [2.45, 2.75) is 103 Å². The van der Waals surface area contributed by atoms with Crippen LogP contribution in [0.4, 0.5) is 0 Å². The molecule has 0 saturated heterocycles. The van der Waals surface area contributed by atoms with Crippen molar-refractivity contribution in [1.82, 2.24) is 5.32 Å². The molecule has 0 fully saturated rings. The van der Waals surface area contributed by atoms with Crippen LogP contribution >= 0.6 is 0 Å². The average molecular weight is 337 g/mol. The van der Waals surface area contributed by atoms with Crippen molar-refractivity contribution in [2.75, 3.05) is 0 Å². The number of carbonyl (C=O) groups is 2. The second-order valence-corrected chi connectivity index (χ2v) is 6.27. The molecule has 132 valence electrons. The summed E-state index contributed by atoms with van der Waals surface area (Å²) in [6, 6.07) is -0.787. The van der Waals surface area contributed by atoms with E-state index in [4.69, 9.17) is 5.11 Å². The predicted octanol–water partition coefficient (Wildman–Crippen LogP) is 4.02. The van der Waals surface area contributed by atoms with Gasteiger partial charge in [0.2, 0.25) is 5.91 Å². The Morgan fingerprint density at radius 3 is 1.61 bits per heavy atom. The molecule has 1 amide bonds. The molecule has 0 unspecified atom stereocenters. The van der Waals surface area contributed by atoms with Crippen molar-refractivity contribution in [3.63, 3.8) is 0 Å². The summed E-state index contributed by atoms with van der Waals surface area (Å²) in [5.41, 5.74) is 0. The molecule has 2 N–H and O–H groups in total. The molecule has 1 atom stereocenters. The van der Waals surface area contributed by atoms with Crippen molar-refractivity contribution in [2.24, 2.45) is 0 Å². The molecule has 0 radical (unpaired) electrons. The van der Waals surface area contributed by atoms with E-state index < -0.39 is 12.0 Å². The molecule has 0 aliphatic heterocycles. The number of aliphatic carboxylic acids is 1. The number of carboxylic acids is 1. The van der Waals surface area contributed by atoms with Crippen molar-refractivity contribution < 1.29 is 14.7 Å². The summed E-state index contributed by atoms with van der Waals surface area (Å²) in [6.45, 7) is 3.73. The van der Waals surface area contributed by atoms with Gasteiger partial charge in [0.25, 0.3) is 0 Å². The number of carbonyl (C=O) groups excluding carboxylic acids is 1. The first-order valence-corrected chi connectivity index (χ1v) is 9.10. The summed E-state index contributed by atoms with van der Waals surface area (Å²) >= 11 is 0. The van der Waals surface area contributed by atoms with Gasteiger partial charge in [-0.2, -0.15) is 0 Å². The van der Waals surface area contributed by atoms with E-state index >= 15 is 0 Å². The Hall–Kier alpha value is -0.0600. The van der Waals surface area contributed by atoms with E-state index in [-0.39, 0.29) is 35.5 Å². The molecule has 0 aromatic carbocycles. The zero-order valence-corrected chi connectivity index (χ0v) is 14.5. The molecule has 0 spiro atoms. The fourth-order valence-corrected chi connectivity index (χ4v) is 2.50. The summed E-state index contributed by atoms with van der Waals surface area (Å²) in [5, 5.41) is 11.2. The molecule has 4 nitrogen and oxygen atoms in total. The normalized spacial score (nSPS) is 11.6. The molecule has 0 rings (SSSR count). The van der Waals surface area contributed by atoms with Gasteiger partial charge < -0.3 is 10.4 Å². The van der Waals surface area contributed by atoms with Gasteiger partial charge in [-0.25, -0.2) is 0 Å². The van der Waals surface area contributed by atoms with Gasteiger partial charge >= 0.3 is 35.5 Å². The topological polar surface area (TPSA) is 66.4 Å². The van der Waals surface area contributed by atoms with Gasteiger partial charge in [0, 0.05) is 6.42 Å². The summed E-state index contributed by atoms with van der Waals surface area (Å²) < 4.78 is 0. The third-order valence-electron chi connectivity index (χ3n) is 4.01. The molecular formula is C18H36NNaO3. The molecule has 0 heterocycles. The van der Waals surface area contributed by atoms with Gasteiger partial charge in [0.15, 0.2) is 0 Å². The first kappa shape index (κ1) is 25.2. The van der Waals surface area contributed by atoms with Gasteiger partial charge in [-0.3, -0.25) is 9.59 Å². The van der Waals surface area contributed by atoms with Gasteiger partial charge in [0.1, 0.15) is 6.04 Å². The average Bonchev–Trinajstić information content (AvgIpc) is 2.48. The van der Waals surface area contributed by atoms with E-state index in [1.807, 2.05) is 0 Å². The molecule has 0 bridgehead atoms. The Labute approximate surface area is 164 Å². The van der Waals surface area contributed by atoms with Crippen LogP contribution in [0.15, 0.2) is 0 Å². The monoisotopic (exact) mass is 337 g/mol. The first-order valence-electron chi connectivity index (χ1n) is 9.10. The number of carboxylic acid groups (broad SMARTS) is 1. The maximum atomic E-state index is 11.5. The Bertz CT molecular complexity index is 298. The third-order valence-corrected chi connectivity index (χ3v) is 4.01. The van der Waals surface area contributed by atoms with Gasteiger partial charge in [0.05, 0.1) is 0 Å². The van der Waals surface area contributed by atoms with E-state index in [0.717, 1.165) is 12.8 Å². The Morgan fingerprint density at radius 2 is 1.22 bits per heavy atom. The van der Waals surface area contributed by atoms with Crippen LogP contribution in [0.5, 0.6) is 0 Å². The van der Waals surface area contributed by atoms with Crippen molar-refractivity contribution in [1.29, 1.82) is 0 Å². The zero-order valence-electron chi connectivity index (χ0n) is 14.5. The summed E-state index contributed by atoms with van der Waals surface area (Å²) in [6.07, 6.45) is 15.6. The van der Waals surface area contributed by atoms with E-state index in [1.165, 1.54) is 71.1 Å². The number of rotatable bonds is 15. The van der Waals surface area contributed by atoms with Crippen LogP contribution in [0.2, 0.25) is 0 Å². The minimum absolute atomic E-state index is 0. The number of hydrogen-bond donors (Lipinski definition) is 2. The standard InChI is InChI=1S/C18H35NO3.Na.H/c1-3-4-5-6-7-8-9-10-11-12-13-14-15-17(20)19-16(2)18(21)22;;/h16H,3-15H2,1-2H3,(H,19,20)(H,21,22);;/t16-;;/m0../s1. The van der Waals surface area contributed by atoms with Crippen LogP contribution in [0.1, 0.15) is 97.3 Å². The molecule has 0 saturated carbocycles. The quantitative estimate of drug-likeness (QED) is 0.350. The van der Waals surface area contributed by atoms with E-state index in [2.05, 4.69) is 12.2 Å². The second-order valence-electron chi connectivity index (χ2n) is 6.27. The van der Waals surface area contributed by atoms with Crippen LogP contribution in [0, 0.1) is 0 Å². The number of hydrogen-bond acceptors (Lipinski definition) is 2. The van der Waals surface area contributed by atoms with E-state index in [0.29, 0.717) is 6.42 Å². The fraction of sp³-hybridized carbons (Fsp3) is 0.889. The summed E-state index contributed by atoms with van der Waals surface area (Å²) in [4.78, 5) is 22.1. The van der Waals surface area contributed by atoms with Crippen LogP contribution in [-0.4, -0.2) is 52.6 Å². The maximum absolute atomic E-state index is 11.5. The minimum atomic E-state index is -0.983. The molecule has 0 aliphatic carbocycles. The van der Waals surface area contributed by atoms with Crippen LogP contribution < -0.4 is 5.32 Å². The number of amides is 1. The molecule has 23 heavy (non-hydrogen) atoms. The van der Waals surface area contributed by atoms with Crippen molar-refractivity contribution in [3.8, 4) is 0 Å². The number of unbranched alkanes of at least 4 members (excludes halogenated alkanes) is 11. The van der Waals surface area contributed by atoms with E-state index in [9.17, 15) is 9.59 Å².